The first kappa shape index (κ1) is 12.5. The van der Waals surface area contributed by atoms with Gasteiger partial charge in [0.25, 0.3) is 5.91 Å². The average Bonchev–Trinajstić information content (AvgIpc) is 3.13. The molecular formula is C15H15N3O2. The van der Waals surface area contributed by atoms with Gasteiger partial charge >= 0.3 is 0 Å². The number of benzene rings is 1. The second-order valence-electron chi connectivity index (χ2n) is 4.55. The van der Waals surface area contributed by atoms with Crippen LogP contribution in [0.3, 0.4) is 0 Å². The van der Waals surface area contributed by atoms with Crippen LogP contribution in [0.1, 0.15) is 35.6 Å². The molecule has 0 radical (unpaired) electrons. The van der Waals surface area contributed by atoms with Crippen molar-refractivity contribution in [2.45, 2.75) is 19.4 Å². The highest BCUT2D eigenvalue weighted by Crippen LogP contribution is 2.21. The molecule has 1 unspecified atom stereocenters. The quantitative estimate of drug-likeness (QED) is 0.764. The van der Waals surface area contributed by atoms with Gasteiger partial charge in [-0.2, -0.15) is 0 Å². The normalized spacial score (nSPS) is 12.4. The van der Waals surface area contributed by atoms with Crippen LogP contribution in [0.25, 0.3) is 11.0 Å². The third kappa shape index (κ3) is 2.18. The number of para-hydroxylation sites is 1. The average molecular weight is 269 g/mol. The zero-order valence-electron chi connectivity index (χ0n) is 11.1. The van der Waals surface area contributed by atoms with Gasteiger partial charge in [-0.1, -0.05) is 25.1 Å². The van der Waals surface area contributed by atoms with Gasteiger partial charge in [-0.05, 0) is 12.5 Å². The number of furan rings is 1. The van der Waals surface area contributed by atoms with Gasteiger partial charge in [0.15, 0.2) is 0 Å². The molecule has 0 saturated carbocycles. The number of imidazole rings is 1. The van der Waals surface area contributed by atoms with Gasteiger partial charge < -0.3 is 14.7 Å². The topological polar surface area (TPSA) is 70.9 Å². The molecule has 2 heterocycles. The monoisotopic (exact) mass is 269 g/mol. The number of carbonyl (C=O) groups excluding carboxylic acids is 1. The van der Waals surface area contributed by atoms with E-state index >= 15 is 0 Å². The molecule has 0 aliphatic carbocycles. The minimum absolute atomic E-state index is 0.133. The molecule has 0 fully saturated rings. The number of carbonyl (C=O) groups is 1. The Labute approximate surface area is 116 Å². The molecule has 5 nitrogen and oxygen atoms in total. The van der Waals surface area contributed by atoms with Crippen molar-refractivity contribution < 1.29 is 9.21 Å². The first-order chi connectivity index (χ1) is 9.79. The highest BCUT2D eigenvalue weighted by molar-refractivity contribution is 6.05. The van der Waals surface area contributed by atoms with Gasteiger partial charge in [0.1, 0.15) is 17.7 Å². The van der Waals surface area contributed by atoms with E-state index in [-0.39, 0.29) is 11.9 Å². The maximum absolute atomic E-state index is 12.4. The molecule has 3 rings (SSSR count). The van der Waals surface area contributed by atoms with E-state index in [2.05, 4.69) is 15.3 Å². The lowest BCUT2D eigenvalue weighted by atomic mass is 10.1. The van der Waals surface area contributed by atoms with Crippen molar-refractivity contribution in [2.24, 2.45) is 0 Å². The van der Waals surface area contributed by atoms with E-state index in [1.807, 2.05) is 31.2 Å². The van der Waals surface area contributed by atoms with E-state index in [1.54, 1.807) is 12.4 Å². The summed E-state index contributed by atoms with van der Waals surface area (Å²) in [5, 5.41) is 3.79. The first-order valence-corrected chi connectivity index (χ1v) is 6.56. The molecule has 0 aliphatic heterocycles. The maximum atomic E-state index is 12.4. The lowest BCUT2D eigenvalue weighted by molar-refractivity contribution is 0.0934. The largest absolute Gasteiger partial charge is 0.463 e. The Morgan fingerprint density at radius 2 is 2.30 bits per heavy atom. The van der Waals surface area contributed by atoms with Gasteiger partial charge in [0.05, 0.1) is 11.6 Å². The highest BCUT2D eigenvalue weighted by atomic mass is 16.3. The van der Waals surface area contributed by atoms with Gasteiger partial charge in [-0.15, -0.1) is 0 Å². The molecule has 0 bridgehead atoms. The summed E-state index contributed by atoms with van der Waals surface area (Å²) in [6.07, 6.45) is 5.68. The number of aromatic nitrogens is 2. The molecule has 0 aliphatic rings. The van der Waals surface area contributed by atoms with Gasteiger partial charge in [0.2, 0.25) is 0 Å². The molecule has 5 heteroatoms. The number of nitrogens with zero attached hydrogens (tertiary/aromatic N) is 1. The predicted octanol–water partition coefficient (Wildman–Crippen LogP) is 3.04. The van der Waals surface area contributed by atoms with Crippen molar-refractivity contribution in [1.82, 2.24) is 15.3 Å². The molecule has 20 heavy (non-hydrogen) atoms. The maximum Gasteiger partial charge on any atom is 0.255 e. The third-order valence-corrected chi connectivity index (χ3v) is 3.29. The smallest absolute Gasteiger partial charge is 0.255 e. The number of nitrogens with one attached hydrogen (secondary N) is 2. The van der Waals surface area contributed by atoms with Gasteiger partial charge in [-0.25, -0.2) is 4.98 Å². The summed E-state index contributed by atoms with van der Waals surface area (Å²) in [4.78, 5) is 19.6. The predicted molar refractivity (Wildman–Crippen MR) is 75.3 cm³/mol. The van der Waals surface area contributed by atoms with Crippen LogP contribution in [0.5, 0.6) is 0 Å². The van der Waals surface area contributed by atoms with Crippen LogP contribution < -0.4 is 5.32 Å². The molecule has 102 valence electrons. The van der Waals surface area contributed by atoms with E-state index in [9.17, 15) is 4.79 Å². The van der Waals surface area contributed by atoms with E-state index < -0.39 is 0 Å². The highest BCUT2D eigenvalue weighted by Gasteiger charge is 2.19. The second-order valence-corrected chi connectivity index (χ2v) is 4.55. The van der Waals surface area contributed by atoms with Crippen molar-refractivity contribution in [3.63, 3.8) is 0 Å². The number of aromatic amines is 1. The van der Waals surface area contributed by atoms with Gasteiger partial charge in [-0.3, -0.25) is 4.79 Å². The number of rotatable bonds is 4. The van der Waals surface area contributed by atoms with Crippen LogP contribution in [0.15, 0.2) is 47.3 Å². The molecule has 0 saturated heterocycles. The van der Waals surface area contributed by atoms with E-state index in [1.165, 1.54) is 6.26 Å². The Hall–Kier alpha value is -2.56. The molecule has 1 aromatic carbocycles. The van der Waals surface area contributed by atoms with Crippen molar-refractivity contribution in [3.05, 3.63) is 54.3 Å². The SMILES string of the molecule is CCC(NC(=O)c1coc2ccccc12)c1ncc[nH]1. The fourth-order valence-electron chi connectivity index (χ4n) is 2.22. The zero-order valence-corrected chi connectivity index (χ0v) is 11.1. The number of hydrogen-bond donors (Lipinski definition) is 2. The minimum Gasteiger partial charge on any atom is -0.463 e. The van der Waals surface area contributed by atoms with E-state index in [4.69, 9.17) is 4.42 Å². The number of fused-ring (bicyclic) bond motifs is 1. The molecule has 0 spiro atoms. The fourth-order valence-corrected chi connectivity index (χ4v) is 2.22. The van der Waals surface area contributed by atoms with Crippen LogP contribution in [0, 0.1) is 0 Å². The summed E-state index contributed by atoms with van der Waals surface area (Å²) < 4.78 is 5.39. The number of H-pyrrole nitrogens is 1. The number of amides is 1. The summed E-state index contributed by atoms with van der Waals surface area (Å²) >= 11 is 0. The fraction of sp³-hybridized carbons (Fsp3) is 0.200. The van der Waals surface area contributed by atoms with Gasteiger partial charge in [0, 0.05) is 17.8 Å². The molecular weight excluding hydrogens is 254 g/mol. The second kappa shape index (κ2) is 5.21. The Morgan fingerprint density at radius 3 is 3.05 bits per heavy atom. The van der Waals surface area contributed by atoms with Crippen LogP contribution in [-0.4, -0.2) is 15.9 Å². The van der Waals surface area contributed by atoms with E-state index in [0.29, 0.717) is 11.1 Å². The van der Waals surface area contributed by atoms with Crippen molar-refractivity contribution in [3.8, 4) is 0 Å². The Balaban J connectivity index is 1.85. The van der Waals surface area contributed by atoms with Crippen molar-refractivity contribution in [2.75, 3.05) is 0 Å². The van der Waals surface area contributed by atoms with Crippen LogP contribution in [-0.2, 0) is 0 Å². The summed E-state index contributed by atoms with van der Waals surface area (Å²) in [6, 6.07) is 7.35. The molecule has 2 aromatic heterocycles. The summed E-state index contributed by atoms with van der Waals surface area (Å²) in [5.41, 5.74) is 1.26. The molecule has 3 aromatic rings. The summed E-state index contributed by atoms with van der Waals surface area (Å²) in [6.45, 7) is 2.00. The third-order valence-electron chi connectivity index (χ3n) is 3.29. The van der Waals surface area contributed by atoms with Crippen molar-refractivity contribution in [1.29, 1.82) is 0 Å². The lowest BCUT2D eigenvalue weighted by Gasteiger charge is -2.14. The summed E-state index contributed by atoms with van der Waals surface area (Å²) in [5.74, 6) is 0.604. The Bertz CT molecular complexity index is 716. The molecule has 2 N–H and O–H groups in total. The summed E-state index contributed by atoms with van der Waals surface area (Å²) in [7, 11) is 0. The van der Waals surface area contributed by atoms with Crippen LogP contribution in [0.2, 0.25) is 0 Å². The van der Waals surface area contributed by atoms with E-state index in [0.717, 1.165) is 17.6 Å². The lowest BCUT2D eigenvalue weighted by Crippen LogP contribution is -2.28. The van der Waals surface area contributed by atoms with Crippen molar-refractivity contribution >= 4 is 16.9 Å². The first-order valence-electron chi connectivity index (χ1n) is 6.56. The standard InChI is InChI=1S/C15H15N3O2/c1-2-12(14-16-7-8-17-14)18-15(19)11-9-20-13-6-4-3-5-10(11)13/h3-9,12H,2H2,1H3,(H,16,17)(H,18,19). The Kier molecular flexibility index (Phi) is 3.25. The Morgan fingerprint density at radius 1 is 1.45 bits per heavy atom. The molecule has 1 atom stereocenters. The van der Waals surface area contributed by atoms with Crippen LogP contribution >= 0.6 is 0 Å². The number of hydrogen-bond acceptors (Lipinski definition) is 3. The minimum atomic E-state index is -0.154. The molecule has 1 amide bonds. The zero-order chi connectivity index (χ0) is 13.9. The van der Waals surface area contributed by atoms with Crippen LogP contribution in [0.4, 0.5) is 0 Å².